The van der Waals surface area contributed by atoms with Gasteiger partial charge in [-0.25, -0.2) is 0 Å². The van der Waals surface area contributed by atoms with Crippen LogP contribution in [0.25, 0.3) is 0 Å². The smallest absolute Gasteiger partial charge is 0.251 e. The Hall–Kier alpha value is -2.69. The van der Waals surface area contributed by atoms with E-state index < -0.39 is 0 Å². The van der Waals surface area contributed by atoms with Crippen molar-refractivity contribution in [3.63, 3.8) is 0 Å². The molecule has 0 aliphatic heterocycles. The lowest BCUT2D eigenvalue weighted by Gasteiger charge is -2.14. The standard InChI is InChI=1S/C19H23NO4/c1-12-6-7-14(8-13(12)2)19(21)20-11-15-9-17(23-4)18(24-5)10-16(15)22-3/h6-10H,11H2,1-5H3,(H,20,21). The molecular weight excluding hydrogens is 306 g/mol. The van der Waals surface area contributed by atoms with Crippen molar-refractivity contribution < 1.29 is 19.0 Å². The molecule has 128 valence electrons. The molecule has 0 spiro atoms. The highest BCUT2D eigenvalue weighted by molar-refractivity contribution is 5.94. The number of methoxy groups -OCH3 is 3. The molecule has 0 fully saturated rings. The summed E-state index contributed by atoms with van der Waals surface area (Å²) in [5, 5.41) is 2.91. The highest BCUT2D eigenvalue weighted by Gasteiger charge is 2.13. The number of rotatable bonds is 6. The molecule has 0 heterocycles. The molecular formula is C19H23NO4. The minimum Gasteiger partial charge on any atom is -0.496 e. The number of amides is 1. The third-order valence-electron chi connectivity index (χ3n) is 4.00. The number of aryl methyl sites for hydroxylation is 2. The van der Waals surface area contributed by atoms with Crippen molar-refractivity contribution in [2.24, 2.45) is 0 Å². The molecule has 0 aliphatic carbocycles. The largest absolute Gasteiger partial charge is 0.496 e. The van der Waals surface area contributed by atoms with Crippen LogP contribution in [0.4, 0.5) is 0 Å². The summed E-state index contributed by atoms with van der Waals surface area (Å²) >= 11 is 0. The molecule has 5 heteroatoms. The van der Waals surface area contributed by atoms with Crippen LogP contribution in [-0.2, 0) is 6.54 Å². The van der Waals surface area contributed by atoms with Gasteiger partial charge in [-0.15, -0.1) is 0 Å². The van der Waals surface area contributed by atoms with Gasteiger partial charge in [0.05, 0.1) is 21.3 Å². The fourth-order valence-corrected chi connectivity index (χ4v) is 2.39. The van der Waals surface area contributed by atoms with Gasteiger partial charge in [0.2, 0.25) is 0 Å². The summed E-state index contributed by atoms with van der Waals surface area (Å²) in [6.45, 7) is 4.34. The fourth-order valence-electron chi connectivity index (χ4n) is 2.39. The molecule has 0 aliphatic rings. The van der Waals surface area contributed by atoms with Gasteiger partial charge in [-0.1, -0.05) is 6.07 Å². The van der Waals surface area contributed by atoms with Crippen LogP contribution in [0.2, 0.25) is 0 Å². The van der Waals surface area contributed by atoms with Crippen LogP contribution in [0.15, 0.2) is 30.3 Å². The normalized spacial score (nSPS) is 10.2. The van der Waals surface area contributed by atoms with Gasteiger partial charge in [0.25, 0.3) is 5.91 Å². The summed E-state index contributed by atoms with van der Waals surface area (Å²) in [6, 6.07) is 9.20. The van der Waals surface area contributed by atoms with E-state index >= 15 is 0 Å². The Morgan fingerprint density at radius 2 is 1.50 bits per heavy atom. The van der Waals surface area contributed by atoms with Gasteiger partial charge in [-0.3, -0.25) is 4.79 Å². The molecule has 0 aromatic heterocycles. The van der Waals surface area contributed by atoms with Crippen LogP contribution in [-0.4, -0.2) is 27.2 Å². The summed E-state index contributed by atoms with van der Waals surface area (Å²) in [4.78, 5) is 12.4. The number of hydrogen-bond acceptors (Lipinski definition) is 4. The van der Waals surface area contributed by atoms with Gasteiger partial charge >= 0.3 is 0 Å². The van der Waals surface area contributed by atoms with Crippen molar-refractivity contribution in [1.82, 2.24) is 5.32 Å². The maximum Gasteiger partial charge on any atom is 0.251 e. The first-order valence-corrected chi connectivity index (χ1v) is 7.64. The predicted octanol–water partition coefficient (Wildman–Crippen LogP) is 3.26. The summed E-state index contributed by atoms with van der Waals surface area (Å²) in [5.74, 6) is 1.68. The Labute approximate surface area is 142 Å². The van der Waals surface area contributed by atoms with Crippen molar-refractivity contribution in [2.45, 2.75) is 20.4 Å². The number of nitrogens with one attached hydrogen (secondary N) is 1. The number of carbonyl (C=O) groups excluding carboxylic acids is 1. The van der Waals surface area contributed by atoms with Crippen molar-refractivity contribution in [2.75, 3.05) is 21.3 Å². The van der Waals surface area contributed by atoms with E-state index in [2.05, 4.69) is 5.32 Å². The third-order valence-corrected chi connectivity index (χ3v) is 4.00. The van der Waals surface area contributed by atoms with Gasteiger partial charge in [0, 0.05) is 23.7 Å². The van der Waals surface area contributed by atoms with Crippen molar-refractivity contribution in [3.05, 3.63) is 52.6 Å². The molecule has 0 atom stereocenters. The monoisotopic (exact) mass is 329 g/mol. The van der Waals surface area contributed by atoms with E-state index in [1.165, 1.54) is 0 Å². The quantitative estimate of drug-likeness (QED) is 0.884. The minimum atomic E-state index is -0.130. The third kappa shape index (κ3) is 3.79. The lowest BCUT2D eigenvalue weighted by molar-refractivity contribution is 0.0950. The number of ether oxygens (including phenoxy) is 3. The number of hydrogen-bond donors (Lipinski definition) is 1. The van der Waals surface area contributed by atoms with Crippen LogP contribution in [0.1, 0.15) is 27.0 Å². The SMILES string of the molecule is COc1cc(OC)c(OC)cc1CNC(=O)c1ccc(C)c(C)c1. The van der Waals surface area contributed by atoms with Gasteiger partial charge in [0.15, 0.2) is 11.5 Å². The molecule has 0 bridgehead atoms. The van der Waals surface area contributed by atoms with Crippen LogP contribution >= 0.6 is 0 Å². The molecule has 2 aromatic rings. The van der Waals surface area contributed by atoms with Crippen LogP contribution in [0.3, 0.4) is 0 Å². The first-order chi connectivity index (χ1) is 11.5. The van der Waals surface area contributed by atoms with E-state index in [1.54, 1.807) is 33.5 Å². The summed E-state index contributed by atoms with van der Waals surface area (Å²) in [5.41, 5.74) is 3.70. The molecule has 24 heavy (non-hydrogen) atoms. The molecule has 5 nitrogen and oxygen atoms in total. The summed E-state index contributed by atoms with van der Waals surface area (Å²) < 4.78 is 15.9. The first kappa shape index (κ1) is 17.7. The molecule has 0 saturated carbocycles. The zero-order chi connectivity index (χ0) is 17.7. The fraction of sp³-hybridized carbons (Fsp3) is 0.316. The number of benzene rings is 2. The van der Waals surface area contributed by atoms with Crippen molar-refractivity contribution >= 4 is 5.91 Å². The van der Waals surface area contributed by atoms with E-state index in [1.807, 2.05) is 32.0 Å². The second-order valence-corrected chi connectivity index (χ2v) is 5.50. The summed E-state index contributed by atoms with van der Waals surface area (Å²) in [6.07, 6.45) is 0. The Balaban J connectivity index is 2.18. The Morgan fingerprint density at radius 1 is 0.875 bits per heavy atom. The zero-order valence-corrected chi connectivity index (χ0v) is 14.7. The Morgan fingerprint density at radius 3 is 2.08 bits per heavy atom. The van der Waals surface area contributed by atoms with Gasteiger partial charge in [0.1, 0.15) is 5.75 Å². The average molecular weight is 329 g/mol. The van der Waals surface area contributed by atoms with E-state index in [9.17, 15) is 4.79 Å². The topological polar surface area (TPSA) is 56.8 Å². The molecule has 1 amide bonds. The Bertz CT molecular complexity index is 740. The summed E-state index contributed by atoms with van der Waals surface area (Å²) in [7, 11) is 4.72. The Kier molecular flexibility index (Phi) is 5.68. The molecule has 2 rings (SSSR count). The zero-order valence-electron chi connectivity index (χ0n) is 14.7. The van der Waals surface area contributed by atoms with E-state index in [4.69, 9.17) is 14.2 Å². The lowest BCUT2D eigenvalue weighted by Crippen LogP contribution is -2.23. The van der Waals surface area contributed by atoms with Crippen LogP contribution < -0.4 is 19.5 Å². The van der Waals surface area contributed by atoms with E-state index in [-0.39, 0.29) is 5.91 Å². The minimum absolute atomic E-state index is 0.130. The molecule has 0 radical (unpaired) electrons. The van der Waals surface area contributed by atoms with Gasteiger partial charge in [-0.05, 0) is 43.2 Å². The molecule has 0 unspecified atom stereocenters. The molecule has 1 N–H and O–H groups in total. The average Bonchev–Trinajstić information content (AvgIpc) is 2.60. The maximum atomic E-state index is 12.4. The van der Waals surface area contributed by atoms with Crippen molar-refractivity contribution in [3.8, 4) is 17.2 Å². The lowest BCUT2D eigenvalue weighted by atomic mass is 10.1. The molecule has 0 saturated heterocycles. The first-order valence-electron chi connectivity index (χ1n) is 7.64. The van der Waals surface area contributed by atoms with Crippen LogP contribution in [0, 0.1) is 13.8 Å². The van der Waals surface area contributed by atoms with E-state index in [0.717, 1.165) is 16.7 Å². The van der Waals surface area contributed by atoms with Crippen molar-refractivity contribution in [1.29, 1.82) is 0 Å². The second-order valence-electron chi connectivity index (χ2n) is 5.50. The maximum absolute atomic E-state index is 12.4. The van der Waals surface area contributed by atoms with Crippen LogP contribution in [0.5, 0.6) is 17.2 Å². The van der Waals surface area contributed by atoms with E-state index in [0.29, 0.717) is 29.4 Å². The second kappa shape index (κ2) is 7.73. The molecule has 2 aromatic carbocycles. The van der Waals surface area contributed by atoms with Gasteiger partial charge < -0.3 is 19.5 Å². The highest BCUT2D eigenvalue weighted by Crippen LogP contribution is 2.34. The predicted molar refractivity (Wildman–Crippen MR) is 93.2 cm³/mol. The van der Waals surface area contributed by atoms with Gasteiger partial charge in [-0.2, -0.15) is 0 Å². The number of carbonyl (C=O) groups is 1. The highest BCUT2D eigenvalue weighted by atomic mass is 16.5.